The van der Waals surface area contributed by atoms with E-state index in [4.69, 9.17) is 9.15 Å². The molecule has 4 rings (SSSR count). The van der Waals surface area contributed by atoms with Crippen molar-refractivity contribution in [2.75, 3.05) is 25.1 Å². The Kier molecular flexibility index (Phi) is 5.88. The largest absolute Gasteiger partial charge is 0.497 e. The summed E-state index contributed by atoms with van der Waals surface area (Å²) in [6.07, 6.45) is 1.96. The van der Waals surface area contributed by atoms with Crippen LogP contribution in [-0.2, 0) is 9.84 Å². The molecule has 1 aliphatic heterocycles. The van der Waals surface area contributed by atoms with Gasteiger partial charge in [0.15, 0.2) is 0 Å². The number of oxazole rings is 1. The van der Waals surface area contributed by atoms with Crippen LogP contribution in [0.3, 0.4) is 0 Å². The van der Waals surface area contributed by atoms with Gasteiger partial charge in [0, 0.05) is 23.1 Å². The Morgan fingerprint density at radius 3 is 2.30 bits per heavy atom. The molecule has 1 aromatic heterocycles. The van der Waals surface area contributed by atoms with E-state index in [1.807, 2.05) is 29.2 Å². The van der Waals surface area contributed by atoms with Crippen molar-refractivity contribution in [1.29, 1.82) is 0 Å². The lowest BCUT2D eigenvalue weighted by molar-refractivity contribution is 0.414. The Labute approximate surface area is 184 Å². The Balaban J connectivity index is 1.80. The highest BCUT2D eigenvalue weighted by molar-refractivity contribution is 9.10. The maximum atomic E-state index is 13.5. The highest BCUT2D eigenvalue weighted by Crippen LogP contribution is 2.37. The normalized spacial score (nSPS) is 15.4. The van der Waals surface area contributed by atoms with Gasteiger partial charge in [-0.2, -0.15) is 4.98 Å². The third kappa shape index (κ3) is 4.11. The minimum absolute atomic E-state index is 0.0415. The van der Waals surface area contributed by atoms with E-state index in [2.05, 4.69) is 27.8 Å². The maximum absolute atomic E-state index is 13.5. The monoisotopic (exact) mass is 490 g/mol. The molecule has 1 aliphatic rings. The van der Waals surface area contributed by atoms with Crippen LogP contribution < -0.4 is 9.64 Å². The van der Waals surface area contributed by atoms with Gasteiger partial charge in [0.2, 0.25) is 26.6 Å². The number of rotatable bonds is 5. The number of sulfone groups is 1. The molecule has 0 radical (unpaired) electrons. The first-order valence-corrected chi connectivity index (χ1v) is 12.1. The molecule has 2 heterocycles. The Hall–Kier alpha value is -2.32. The van der Waals surface area contributed by atoms with E-state index < -0.39 is 9.84 Å². The first-order valence-electron chi connectivity index (χ1n) is 9.79. The Bertz CT molecular complexity index is 1120. The molecule has 0 unspecified atom stereocenters. The summed E-state index contributed by atoms with van der Waals surface area (Å²) in [5.74, 6) is 1.81. The van der Waals surface area contributed by atoms with Gasteiger partial charge in [-0.25, -0.2) is 8.42 Å². The number of benzene rings is 2. The van der Waals surface area contributed by atoms with Gasteiger partial charge >= 0.3 is 0 Å². The number of hydrogen-bond donors (Lipinski definition) is 0. The van der Waals surface area contributed by atoms with Gasteiger partial charge in [-0.1, -0.05) is 22.9 Å². The summed E-state index contributed by atoms with van der Waals surface area (Å²) in [4.78, 5) is 6.60. The van der Waals surface area contributed by atoms with Crippen LogP contribution in [0.2, 0.25) is 0 Å². The number of piperidine rings is 1. The molecule has 0 amide bonds. The summed E-state index contributed by atoms with van der Waals surface area (Å²) in [6.45, 7) is 3.68. The quantitative estimate of drug-likeness (QED) is 0.490. The number of ether oxygens (including phenoxy) is 1. The first kappa shape index (κ1) is 20.9. The summed E-state index contributed by atoms with van der Waals surface area (Å²) >= 11 is 3.41. The van der Waals surface area contributed by atoms with E-state index in [-0.39, 0.29) is 9.92 Å². The topological polar surface area (TPSA) is 72.6 Å². The molecule has 1 saturated heterocycles. The Morgan fingerprint density at radius 2 is 1.70 bits per heavy atom. The number of aromatic nitrogens is 1. The van der Waals surface area contributed by atoms with Gasteiger partial charge in [-0.3, -0.25) is 0 Å². The first-order chi connectivity index (χ1) is 14.4. The van der Waals surface area contributed by atoms with Crippen LogP contribution >= 0.6 is 15.9 Å². The molecule has 0 spiro atoms. The smallest absolute Gasteiger partial charge is 0.236 e. The van der Waals surface area contributed by atoms with Gasteiger partial charge in [0.05, 0.1) is 12.0 Å². The van der Waals surface area contributed by atoms with Crippen LogP contribution in [0.1, 0.15) is 19.8 Å². The average molecular weight is 491 g/mol. The fraction of sp³-hybridized carbons (Fsp3) is 0.318. The molecule has 6 nitrogen and oxygen atoms in total. The second-order valence-corrected chi connectivity index (χ2v) is 10.3. The lowest BCUT2D eigenvalue weighted by Gasteiger charge is -2.30. The lowest BCUT2D eigenvalue weighted by Crippen LogP contribution is -2.33. The zero-order valence-electron chi connectivity index (χ0n) is 16.8. The van der Waals surface area contributed by atoms with Gasteiger partial charge in [-0.15, -0.1) is 0 Å². The molecular weight excluding hydrogens is 468 g/mol. The molecule has 0 N–H and O–H groups in total. The van der Waals surface area contributed by atoms with Gasteiger partial charge in [-0.05, 0) is 67.3 Å². The van der Waals surface area contributed by atoms with E-state index in [9.17, 15) is 8.42 Å². The highest BCUT2D eigenvalue weighted by Gasteiger charge is 2.32. The van der Waals surface area contributed by atoms with E-state index >= 15 is 0 Å². The number of nitrogens with zero attached hydrogens (tertiary/aromatic N) is 2. The number of hydrogen-bond acceptors (Lipinski definition) is 6. The van der Waals surface area contributed by atoms with Crippen LogP contribution in [-0.4, -0.2) is 33.6 Å². The van der Waals surface area contributed by atoms with Crippen LogP contribution in [0.4, 0.5) is 5.88 Å². The minimum atomic E-state index is -3.86. The van der Waals surface area contributed by atoms with Crippen molar-refractivity contribution in [3.05, 3.63) is 53.0 Å². The van der Waals surface area contributed by atoms with Crippen LogP contribution in [0.15, 0.2) is 67.3 Å². The van der Waals surface area contributed by atoms with E-state index in [0.29, 0.717) is 23.4 Å². The zero-order valence-corrected chi connectivity index (χ0v) is 19.2. The second kappa shape index (κ2) is 8.43. The molecular formula is C22H23BrN2O4S. The predicted octanol–water partition coefficient (Wildman–Crippen LogP) is 5.18. The summed E-state index contributed by atoms with van der Waals surface area (Å²) < 4.78 is 39.1. The van der Waals surface area contributed by atoms with Crippen molar-refractivity contribution < 1.29 is 17.6 Å². The summed E-state index contributed by atoms with van der Waals surface area (Å²) in [5, 5.41) is -0.0415. The number of anilines is 1. The highest BCUT2D eigenvalue weighted by atomic mass is 79.9. The fourth-order valence-electron chi connectivity index (χ4n) is 3.47. The van der Waals surface area contributed by atoms with Crippen molar-refractivity contribution in [1.82, 2.24) is 4.98 Å². The maximum Gasteiger partial charge on any atom is 0.236 e. The van der Waals surface area contributed by atoms with Crippen molar-refractivity contribution in [3.8, 4) is 17.2 Å². The molecule has 0 bridgehead atoms. The van der Waals surface area contributed by atoms with Crippen molar-refractivity contribution >= 4 is 31.7 Å². The van der Waals surface area contributed by atoms with E-state index in [0.717, 1.165) is 36.0 Å². The van der Waals surface area contributed by atoms with Crippen LogP contribution in [0.5, 0.6) is 5.75 Å². The molecule has 0 saturated carbocycles. The molecule has 8 heteroatoms. The second-order valence-electron chi connectivity index (χ2n) is 7.48. The fourth-order valence-corrected chi connectivity index (χ4v) is 5.05. The molecule has 0 atom stereocenters. The third-order valence-corrected chi connectivity index (χ3v) is 7.56. The summed E-state index contributed by atoms with van der Waals surface area (Å²) in [5.41, 5.74) is 0.723. The lowest BCUT2D eigenvalue weighted by atomic mass is 9.99. The molecule has 30 heavy (non-hydrogen) atoms. The van der Waals surface area contributed by atoms with E-state index in [1.54, 1.807) is 19.2 Å². The van der Waals surface area contributed by atoms with Gasteiger partial charge in [0.1, 0.15) is 5.75 Å². The molecule has 3 aromatic rings. The Morgan fingerprint density at radius 1 is 1.07 bits per heavy atom. The van der Waals surface area contributed by atoms with Crippen LogP contribution in [0, 0.1) is 5.92 Å². The predicted molar refractivity (Wildman–Crippen MR) is 119 cm³/mol. The third-order valence-electron chi connectivity index (χ3n) is 5.37. The molecule has 2 aromatic carbocycles. The van der Waals surface area contributed by atoms with Gasteiger partial charge < -0.3 is 14.1 Å². The number of halogens is 1. The average Bonchev–Trinajstić information content (AvgIpc) is 3.21. The molecule has 1 fully saturated rings. The van der Waals surface area contributed by atoms with Crippen molar-refractivity contribution in [2.45, 2.75) is 29.7 Å². The minimum Gasteiger partial charge on any atom is -0.497 e. The number of methoxy groups -OCH3 is 1. The van der Waals surface area contributed by atoms with Crippen LogP contribution in [0.25, 0.3) is 11.5 Å². The van der Waals surface area contributed by atoms with Crippen molar-refractivity contribution in [2.24, 2.45) is 5.92 Å². The summed E-state index contributed by atoms with van der Waals surface area (Å²) in [6, 6.07) is 13.8. The van der Waals surface area contributed by atoms with Gasteiger partial charge in [0.25, 0.3) is 0 Å². The zero-order chi connectivity index (χ0) is 21.3. The molecule has 158 valence electrons. The molecule has 0 aliphatic carbocycles. The summed E-state index contributed by atoms with van der Waals surface area (Å²) in [7, 11) is -2.32. The SMILES string of the molecule is COc1ccc(S(=O)(=O)c2nc(-c3ccc(Br)cc3)oc2N2CCC(C)CC2)cc1. The van der Waals surface area contributed by atoms with Crippen molar-refractivity contribution in [3.63, 3.8) is 0 Å². The standard InChI is InChI=1S/C22H23BrN2O4S/c1-15-11-13-25(14-12-15)22-21(24-20(29-22)16-3-5-17(23)6-4-16)30(26,27)19-9-7-18(28-2)8-10-19/h3-10,15H,11-14H2,1-2H3. The van der Waals surface area contributed by atoms with E-state index in [1.165, 1.54) is 12.1 Å².